The fraction of sp³-hybridized carbons (Fsp3) is 0.286. The smallest absolute Gasteiger partial charge is 0.269 e. The first kappa shape index (κ1) is 19.0. The monoisotopic (exact) mass is 414 g/mol. The van der Waals surface area contributed by atoms with Crippen LogP contribution in [0.15, 0.2) is 58.6 Å². The van der Waals surface area contributed by atoms with Gasteiger partial charge in [0, 0.05) is 39.7 Å². The molecule has 28 heavy (non-hydrogen) atoms. The van der Waals surface area contributed by atoms with Gasteiger partial charge in [0.25, 0.3) is 5.69 Å². The molecule has 0 aromatic heterocycles. The van der Waals surface area contributed by atoms with Crippen LogP contribution < -0.4 is 5.32 Å². The van der Waals surface area contributed by atoms with E-state index in [1.54, 1.807) is 0 Å². The summed E-state index contributed by atoms with van der Waals surface area (Å²) >= 11 is 7.97. The maximum Gasteiger partial charge on any atom is 0.269 e. The van der Waals surface area contributed by atoms with Gasteiger partial charge in [-0.15, -0.1) is 11.8 Å². The topological polar surface area (TPSA) is 72.2 Å². The zero-order valence-corrected chi connectivity index (χ0v) is 17.1. The largest absolute Gasteiger partial charge is 0.358 e. The molecule has 0 amide bonds. The van der Waals surface area contributed by atoms with Crippen molar-refractivity contribution in [1.29, 1.82) is 0 Å². The highest BCUT2D eigenvalue weighted by atomic mass is 35.5. The number of halogens is 1. The quantitative estimate of drug-likeness (QED) is 0.471. The lowest BCUT2D eigenvalue weighted by molar-refractivity contribution is -0.384. The van der Waals surface area contributed by atoms with E-state index in [4.69, 9.17) is 11.6 Å². The van der Waals surface area contributed by atoms with E-state index in [2.05, 4.69) is 19.2 Å². The van der Waals surface area contributed by atoms with Crippen LogP contribution in [-0.2, 0) is 4.79 Å². The van der Waals surface area contributed by atoms with Crippen molar-refractivity contribution in [2.75, 3.05) is 5.32 Å². The van der Waals surface area contributed by atoms with Crippen molar-refractivity contribution < 1.29 is 9.72 Å². The molecule has 1 heterocycles. The number of fused-ring (bicyclic) bond motifs is 1. The van der Waals surface area contributed by atoms with Crippen LogP contribution in [0.3, 0.4) is 0 Å². The molecule has 1 atom stereocenters. The SMILES string of the molecule is CC1(C)CC(=O)C2=C(C1)Nc1ccccc1S[C@H]2c1cc([N+](=O)[O-])ccc1Cl. The van der Waals surface area contributed by atoms with Gasteiger partial charge in [-0.25, -0.2) is 0 Å². The van der Waals surface area contributed by atoms with Gasteiger partial charge >= 0.3 is 0 Å². The third kappa shape index (κ3) is 3.42. The minimum absolute atomic E-state index is 0.0313. The second-order valence-corrected chi connectivity index (χ2v) is 9.47. The molecule has 2 aromatic carbocycles. The van der Waals surface area contributed by atoms with Crippen molar-refractivity contribution in [2.24, 2.45) is 5.41 Å². The van der Waals surface area contributed by atoms with E-state index in [0.29, 0.717) is 22.6 Å². The Morgan fingerprint density at radius 1 is 1.21 bits per heavy atom. The average molecular weight is 415 g/mol. The number of allylic oxidation sites excluding steroid dienone is 1. The Kier molecular flexibility index (Phi) is 4.71. The lowest BCUT2D eigenvalue weighted by Crippen LogP contribution is -2.29. The maximum atomic E-state index is 13.2. The summed E-state index contributed by atoms with van der Waals surface area (Å²) < 4.78 is 0. The third-order valence-corrected chi connectivity index (χ3v) is 6.75. The molecule has 5 nitrogen and oxygen atoms in total. The van der Waals surface area contributed by atoms with Gasteiger partial charge in [0.2, 0.25) is 0 Å². The number of nitrogens with one attached hydrogen (secondary N) is 1. The normalized spacial score (nSPS) is 20.7. The highest BCUT2D eigenvalue weighted by Gasteiger charge is 2.40. The van der Waals surface area contributed by atoms with Crippen LogP contribution in [0.2, 0.25) is 5.02 Å². The number of para-hydroxylation sites is 1. The summed E-state index contributed by atoms with van der Waals surface area (Å²) in [5, 5.41) is 14.8. The number of Topliss-reactive ketones (excluding diaryl/α,β-unsaturated/α-hetero) is 1. The van der Waals surface area contributed by atoms with Crippen molar-refractivity contribution in [3.05, 3.63) is 74.4 Å². The number of nitro benzene ring substituents is 1. The molecule has 0 fully saturated rings. The van der Waals surface area contributed by atoms with Gasteiger partial charge in [0.1, 0.15) is 0 Å². The predicted octanol–water partition coefficient (Wildman–Crippen LogP) is 6.15. The zero-order valence-electron chi connectivity index (χ0n) is 15.5. The van der Waals surface area contributed by atoms with E-state index in [-0.39, 0.29) is 16.9 Å². The Balaban J connectivity index is 1.93. The van der Waals surface area contributed by atoms with Crippen molar-refractivity contribution in [1.82, 2.24) is 0 Å². The highest BCUT2D eigenvalue weighted by molar-refractivity contribution is 8.00. The Morgan fingerprint density at radius 2 is 1.96 bits per heavy atom. The summed E-state index contributed by atoms with van der Waals surface area (Å²) in [7, 11) is 0. The van der Waals surface area contributed by atoms with E-state index in [0.717, 1.165) is 22.7 Å². The Labute approximate surface area is 172 Å². The minimum atomic E-state index is -0.436. The van der Waals surface area contributed by atoms with Crippen molar-refractivity contribution >= 4 is 40.5 Å². The second-order valence-electron chi connectivity index (χ2n) is 7.92. The molecule has 1 aliphatic carbocycles. The van der Waals surface area contributed by atoms with Gasteiger partial charge in [-0.1, -0.05) is 37.6 Å². The third-order valence-electron chi connectivity index (χ3n) is 5.07. The fourth-order valence-corrected chi connectivity index (χ4v) is 5.50. The summed E-state index contributed by atoms with van der Waals surface area (Å²) in [5.74, 6) is 0.0617. The fourth-order valence-electron chi connectivity index (χ4n) is 3.84. The molecule has 1 N–H and O–H groups in total. The number of rotatable bonds is 2. The van der Waals surface area contributed by atoms with Crippen LogP contribution in [0.25, 0.3) is 0 Å². The van der Waals surface area contributed by atoms with Gasteiger partial charge in [-0.2, -0.15) is 0 Å². The van der Waals surface area contributed by atoms with Gasteiger partial charge < -0.3 is 5.32 Å². The minimum Gasteiger partial charge on any atom is -0.358 e. The number of non-ortho nitro benzene ring substituents is 1. The molecule has 2 aliphatic rings. The molecule has 0 bridgehead atoms. The standard InChI is InChI=1S/C21H19ClN2O3S/c1-21(2)10-16-19(17(25)11-21)20(28-18-6-4-3-5-15(18)23-16)13-9-12(24(26)27)7-8-14(13)22/h3-9,20,23H,10-11H2,1-2H3/t20-/m0/s1. The number of hydrogen-bond acceptors (Lipinski definition) is 5. The molecule has 0 radical (unpaired) electrons. The van der Waals surface area contributed by atoms with Crippen LogP contribution in [0.5, 0.6) is 0 Å². The Hall–Kier alpha value is -2.31. The lowest BCUT2D eigenvalue weighted by Gasteiger charge is -2.34. The molecule has 1 aliphatic heterocycles. The molecule has 0 unspecified atom stereocenters. The number of carbonyl (C=O) groups is 1. The van der Waals surface area contributed by atoms with Gasteiger partial charge in [-0.3, -0.25) is 14.9 Å². The van der Waals surface area contributed by atoms with Crippen LogP contribution >= 0.6 is 23.4 Å². The number of nitro groups is 1. The number of hydrogen-bond donors (Lipinski definition) is 1. The van der Waals surface area contributed by atoms with E-state index in [9.17, 15) is 14.9 Å². The molecule has 2 aromatic rings. The van der Waals surface area contributed by atoms with Gasteiger partial charge in [0.05, 0.1) is 15.9 Å². The molecule has 0 spiro atoms. The highest BCUT2D eigenvalue weighted by Crippen LogP contribution is 2.53. The number of carbonyl (C=O) groups excluding carboxylic acids is 1. The lowest BCUT2D eigenvalue weighted by atomic mass is 9.74. The first-order valence-electron chi connectivity index (χ1n) is 8.98. The molecular formula is C21H19ClN2O3S. The Morgan fingerprint density at radius 3 is 2.71 bits per heavy atom. The van der Waals surface area contributed by atoms with E-state index in [1.807, 2.05) is 24.3 Å². The van der Waals surface area contributed by atoms with Crippen molar-refractivity contribution in [2.45, 2.75) is 36.8 Å². The first-order chi connectivity index (χ1) is 13.2. The number of nitrogens with zero attached hydrogens (tertiary/aromatic N) is 1. The molecule has 4 rings (SSSR count). The number of thioether (sulfide) groups is 1. The van der Waals surface area contributed by atoms with Crippen molar-refractivity contribution in [3.8, 4) is 0 Å². The van der Waals surface area contributed by atoms with E-state index >= 15 is 0 Å². The maximum absolute atomic E-state index is 13.2. The van der Waals surface area contributed by atoms with E-state index < -0.39 is 10.2 Å². The van der Waals surface area contributed by atoms with Crippen LogP contribution in [0.1, 0.15) is 37.5 Å². The molecular weight excluding hydrogens is 396 g/mol. The molecule has 7 heteroatoms. The average Bonchev–Trinajstić information content (AvgIpc) is 2.77. The zero-order chi connectivity index (χ0) is 20.1. The van der Waals surface area contributed by atoms with Crippen molar-refractivity contribution in [3.63, 3.8) is 0 Å². The summed E-state index contributed by atoms with van der Waals surface area (Å²) in [6, 6.07) is 12.3. The summed E-state index contributed by atoms with van der Waals surface area (Å²) in [4.78, 5) is 25.0. The molecule has 0 saturated heterocycles. The summed E-state index contributed by atoms with van der Waals surface area (Å²) in [5.41, 5.74) is 2.91. The first-order valence-corrected chi connectivity index (χ1v) is 10.2. The number of benzene rings is 2. The number of anilines is 1. The van der Waals surface area contributed by atoms with Gasteiger partial charge in [-0.05, 0) is 35.6 Å². The van der Waals surface area contributed by atoms with Crippen LogP contribution in [0, 0.1) is 15.5 Å². The van der Waals surface area contributed by atoms with Gasteiger partial charge in [0.15, 0.2) is 5.78 Å². The summed E-state index contributed by atoms with van der Waals surface area (Å²) in [6.07, 6.45) is 1.17. The van der Waals surface area contributed by atoms with E-state index in [1.165, 1.54) is 30.0 Å². The van der Waals surface area contributed by atoms with Crippen LogP contribution in [0.4, 0.5) is 11.4 Å². The molecule has 0 saturated carbocycles. The van der Waals surface area contributed by atoms with Crippen LogP contribution in [-0.4, -0.2) is 10.7 Å². The molecule has 144 valence electrons. The second kappa shape index (κ2) is 6.94. The predicted molar refractivity (Wildman–Crippen MR) is 112 cm³/mol. The summed E-state index contributed by atoms with van der Waals surface area (Å²) in [6.45, 7) is 4.16. The Bertz CT molecular complexity index is 1030. The number of ketones is 1.